The molecule has 0 fully saturated rings. The SMILES string of the molecule is CCC(CC)N(C)C(c1ccncc1)C(C)N. The fourth-order valence-corrected chi connectivity index (χ4v) is 2.56. The van der Waals surface area contributed by atoms with Crippen molar-refractivity contribution in [1.82, 2.24) is 9.88 Å². The number of aromatic nitrogens is 1. The predicted molar refractivity (Wildman–Crippen MR) is 72.8 cm³/mol. The number of nitrogens with two attached hydrogens (primary N) is 1. The predicted octanol–water partition coefficient (Wildman–Crippen LogP) is 2.59. The molecule has 3 nitrogen and oxygen atoms in total. The molecule has 0 aliphatic rings. The van der Waals surface area contributed by atoms with Crippen molar-refractivity contribution in [2.45, 2.75) is 51.7 Å². The lowest BCUT2D eigenvalue weighted by molar-refractivity contribution is 0.146. The summed E-state index contributed by atoms with van der Waals surface area (Å²) in [5, 5.41) is 0. The molecule has 0 radical (unpaired) electrons. The molecule has 2 unspecified atom stereocenters. The van der Waals surface area contributed by atoms with Gasteiger partial charge in [0.1, 0.15) is 0 Å². The minimum absolute atomic E-state index is 0.114. The van der Waals surface area contributed by atoms with Crippen LogP contribution in [0.4, 0.5) is 0 Å². The Morgan fingerprint density at radius 2 is 1.76 bits per heavy atom. The summed E-state index contributed by atoms with van der Waals surface area (Å²) in [4.78, 5) is 6.48. The van der Waals surface area contributed by atoms with Gasteiger partial charge >= 0.3 is 0 Å². The van der Waals surface area contributed by atoms with Crippen LogP contribution in [0.1, 0.15) is 45.2 Å². The van der Waals surface area contributed by atoms with E-state index in [9.17, 15) is 0 Å². The number of pyridine rings is 1. The first kappa shape index (κ1) is 14.1. The van der Waals surface area contributed by atoms with Crippen molar-refractivity contribution in [1.29, 1.82) is 0 Å². The smallest absolute Gasteiger partial charge is 0.0497 e. The Morgan fingerprint density at radius 3 is 2.18 bits per heavy atom. The minimum Gasteiger partial charge on any atom is -0.326 e. The third-order valence-corrected chi connectivity index (χ3v) is 3.50. The van der Waals surface area contributed by atoms with Gasteiger partial charge in [0, 0.05) is 30.5 Å². The van der Waals surface area contributed by atoms with Gasteiger partial charge < -0.3 is 5.73 Å². The van der Waals surface area contributed by atoms with Crippen LogP contribution in [-0.2, 0) is 0 Å². The van der Waals surface area contributed by atoms with Gasteiger partial charge in [0.2, 0.25) is 0 Å². The van der Waals surface area contributed by atoms with E-state index in [4.69, 9.17) is 5.73 Å². The lowest BCUT2D eigenvalue weighted by atomic mass is 9.97. The standard InChI is InChI=1S/C14H25N3/c1-5-13(6-2)17(4)14(11(3)15)12-7-9-16-10-8-12/h7-11,13-14H,5-6,15H2,1-4H3. The first-order chi connectivity index (χ1) is 8.11. The molecule has 2 atom stereocenters. The minimum atomic E-state index is 0.114. The number of hydrogen-bond donors (Lipinski definition) is 1. The summed E-state index contributed by atoms with van der Waals surface area (Å²) in [6.07, 6.45) is 5.99. The molecule has 0 amide bonds. The number of hydrogen-bond acceptors (Lipinski definition) is 3. The van der Waals surface area contributed by atoms with E-state index in [1.165, 1.54) is 5.56 Å². The van der Waals surface area contributed by atoms with Crippen molar-refractivity contribution in [3.8, 4) is 0 Å². The van der Waals surface area contributed by atoms with Crippen LogP contribution < -0.4 is 5.73 Å². The van der Waals surface area contributed by atoms with Crippen molar-refractivity contribution in [2.24, 2.45) is 5.73 Å². The molecule has 0 spiro atoms. The van der Waals surface area contributed by atoms with Crippen LogP contribution in [-0.4, -0.2) is 29.0 Å². The van der Waals surface area contributed by atoms with Gasteiger partial charge in [-0.05, 0) is 44.5 Å². The summed E-state index contributed by atoms with van der Waals surface area (Å²) in [6.45, 7) is 6.54. The normalized spacial score (nSPS) is 15.2. The Hall–Kier alpha value is -0.930. The summed E-state index contributed by atoms with van der Waals surface area (Å²) in [6, 6.07) is 5.09. The summed E-state index contributed by atoms with van der Waals surface area (Å²) >= 11 is 0. The molecule has 0 saturated carbocycles. The summed E-state index contributed by atoms with van der Waals surface area (Å²) < 4.78 is 0. The maximum absolute atomic E-state index is 6.15. The monoisotopic (exact) mass is 235 g/mol. The van der Waals surface area contributed by atoms with E-state index in [1.807, 2.05) is 12.4 Å². The Labute approximate surface area is 105 Å². The van der Waals surface area contributed by atoms with Gasteiger partial charge in [-0.15, -0.1) is 0 Å². The average Bonchev–Trinajstić information content (AvgIpc) is 2.31. The highest BCUT2D eigenvalue weighted by Gasteiger charge is 2.25. The van der Waals surface area contributed by atoms with Gasteiger partial charge in [-0.1, -0.05) is 13.8 Å². The molecule has 1 aromatic heterocycles. The lowest BCUT2D eigenvalue weighted by Gasteiger charge is -2.36. The third kappa shape index (κ3) is 3.51. The summed E-state index contributed by atoms with van der Waals surface area (Å²) in [5.41, 5.74) is 7.41. The molecule has 1 rings (SSSR count). The first-order valence-corrected chi connectivity index (χ1v) is 6.49. The molecule has 0 aliphatic heterocycles. The molecular formula is C14H25N3. The van der Waals surface area contributed by atoms with Gasteiger partial charge in [-0.25, -0.2) is 0 Å². The zero-order chi connectivity index (χ0) is 12.8. The van der Waals surface area contributed by atoms with E-state index in [0.717, 1.165) is 12.8 Å². The first-order valence-electron chi connectivity index (χ1n) is 6.49. The van der Waals surface area contributed by atoms with Gasteiger partial charge in [-0.2, -0.15) is 0 Å². The van der Waals surface area contributed by atoms with Crippen molar-refractivity contribution < 1.29 is 0 Å². The topological polar surface area (TPSA) is 42.2 Å². The zero-order valence-corrected chi connectivity index (χ0v) is 11.4. The molecule has 3 heteroatoms. The molecular weight excluding hydrogens is 210 g/mol. The molecule has 96 valence electrons. The second-order valence-electron chi connectivity index (χ2n) is 4.72. The number of rotatable bonds is 6. The van der Waals surface area contributed by atoms with Crippen molar-refractivity contribution in [3.63, 3.8) is 0 Å². The molecule has 1 heterocycles. The lowest BCUT2D eigenvalue weighted by Crippen LogP contribution is -2.42. The molecule has 17 heavy (non-hydrogen) atoms. The maximum Gasteiger partial charge on any atom is 0.0497 e. The van der Waals surface area contributed by atoms with Gasteiger partial charge in [0.05, 0.1) is 0 Å². The highest BCUT2D eigenvalue weighted by atomic mass is 15.2. The number of likely N-dealkylation sites (N-methyl/N-ethyl adjacent to an activating group) is 1. The van der Waals surface area contributed by atoms with Crippen molar-refractivity contribution in [2.75, 3.05) is 7.05 Å². The second-order valence-corrected chi connectivity index (χ2v) is 4.72. The molecule has 0 bridgehead atoms. The molecule has 0 aliphatic carbocycles. The quantitative estimate of drug-likeness (QED) is 0.824. The third-order valence-electron chi connectivity index (χ3n) is 3.50. The Morgan fingerprint density at radius 1 is 1.24 bits per heavy atom. The Balaban J connectivity index is 2.94. The van der Waals surface area contributed by atoms with Crippen LogP contribution in [0.15, 0.2) is 24.5 Å². The van der Waals surface area contributed by atoms with E-state index in [1.54, 1.807) is 0 Å². The van der Waals surface area contributed by atoms with E-state index in [2.05, 4.69) is 49.8 Å². The van der Waals surface area contributed by atoms with Crippen LogP contribution in [0.3, 0.4) is 0 Å². The zero-order valence-electron chi connectivity index (χ0n) is 11.4. The molecule has 0 saturated heterocycles. The maximum atomic E-state index is 6.15. The summed E-state index contributed by atoms with van der Waals surface area (Å²) in [5.74, 6) is 0. The Bertz CT molecular complexity index is 307. The van der Waals surface area contributed by atoms with E-state index in [-0.39, 0.29) is 12.1 Å². The van der Waals surface area contributed by atoms with Crippen LogP contribution in [0.2, 0.25) is 0 Å². The average molecular weight is 235 g/mol. The fraction of sp³-hybridized carbons (Fsp3) is 0.643. The van der Waals surface area contributed by atoms with Gasteiger partial charge in [-0.3, -0.25) is 9.88 Å². The summed E-state index contributed by atoms with van der Waals surface area (Å²) in [7, 11) is 2.17. The highest BCUT2D eigenvalue weighted by Crippen LogP contribution is 2.25. The molecule has 0 aromatic carbocycles. The van der Waals surface area contributed by atoms with Crippen LogP contribution in [0.25, 0.3) is 0 Å². The van der Waals surface area contributed by atoms with Gasteiger partial charge in [0.15, 0.2) is 0 Å². The van der Waals surface area contributed by atoms with Crippen LogP contribution in [0.5, 0.6) is 0 Å². The largest absolute Gasteiger partial charge is 0.326 e. The molecule has 2 N–H and O–H groups in total. The number of nitrogens with zero attached hydrogens (tertiary/aromatic N) is 2. The van der Waals surface area contributed by atoms with E-state index >= 15 is 0 Å². The van der Waals surface area contributed by atoms with Gasteiger partial charge in [0.25, 0.3) is 0 Å². The highest BCUT2D eigenvalue weighted by molar-refractivity contribution is 5.17. The van der Waals surface area contributed by atoms with E-state index in [0.29, 0.717) is 6.04 Å². The van der Waals surface area contributed by atoms with Crippen LogP contribution in [0, 0.1) is 0 Å². The van der Waals surface area contributed by atoms with Crippen molar-refractivity contribution >= 4 is 0 Å². The van der Waals surface area contributed by atoms with E-state index < -0.39 is 0 Å². The van der Waals surface area contributed by atoms with Crippen molar-refractivity contribution in [3.05, 3.63) is 30.1 Å². The van der Waals surface area contributed by atoms with Crippen LogP contribution >= 0.6 is 0 Å². The second kappa shape index (κ2) is 6.72. The molecule has 1 aromatic rings. The Kier molecular flexibility index (Phi) is 5.59. The fourth-order valence-electron chi connectivity index (χ4n) is 2.56.